The van der Waals surface area contributed by atoms with Gasteiger partial charge in [-0.1, -0.05) is 13.8 Å². The Hall–Kier alpha value is -0.0800. The standard InChI is InChI=1S/C16H31N3O2.HI/c1-4-17-16(18-8-5-9-20-11-12(2)3)19-14-10-13-6-7-15(14)21-13;/h12-15H,4-11H2,1-3H3,(H2,17,18,19);1H. The van der Waals surface area contributed by atoms with Crippen LogP contribution in [0.25, 0.3) is 0 Å². The largest absolute Gasteiger partial charge is 0.381 e. The molecule has 0 aromatic carbocycles. The van der Waals surface area contributed by atoms with E-state index in [0.29, 0.717) is 24.2 Å². The highest BCUT2D eigenvalue weighted by molar-refractivity contribution is 14.0. The number of ether oxygens (including phenoxy) is 2. The molecule has 0 aliphatic carbocycles. The van der Waals surface area contributed by atoms with Crippen LogP contribution in [0.2, 0.25) is 0 Å². The number of nitrogens with one attached hydrogen (secondary N) is 2. The Labute approximate surface area is 152 Å². The quantitative estimate of drug-likeness (QED) is 0.272. The minimum Gasteiger partial charge on any atom is -0.381 e. The predicted molar refractivity (Wildman–Crippen MR) is 101 cm³/mol. The number of hydrogen-bond donors (Lipinski definition) is 2. The molecule has 3 atom stereocenters. The van der Waals surface area contributed by atoms with Gasteiger partial charge in [0, 0.05) is 26.3 Å². The van der Waals surface area contributed by atoms with E-state index in [1.54, 1.807) is 0 Å². The van der Waals surface area contributed by atoms with Crippen LogP contribution in [0.3, 0.4) is 0 Å². The van der Waals surface area contributed by atoms with Gasteiger partial charge < -0.3 is 20.1 Å². The summed E-state index contributed by atoms with van der Waals surface area (Å²) in [5.74, 6) is 1.52. The normalized spacial score (nSPS) is 27.1. The number of halogens is 1. The van der Waals surface area contributed by atoms with Crippen molar-refractivity contribution in [3.05, 3.63) is 0 Å². The van der Waals surface area contributed by atoms with Crippen LogP contribution in [0.1, 0.15) is 46.5 Å². The first kappa shape index (κ1) is 20.0. The molecule has 2 saturated heterocycles. The Morgan fingerprint density at radius 1 is 1.36 bits per heavy atom. The van der Waals surface area contributed by atoms with E-state index >= 15 is 0 Å². The zero-order valence-corrected chi connectivity index (χ0v) is 16.5. The van der Waals surface area contributed by atoms with Crippen molar-refractivity contribution in [1.29, 1.82) is 0 Å². The fourth-order valence-electron chi connectivity index (χ4n) is 2.96. The zero-order chi connectivity index (χ0) is 15.1. The highest BCUT2D eigenvalue weighted by atomic mass is 127. The molecule has 3 unspecified atom stereocenters. The smallest absolute Gasteiger partial charge is 0.191 e. The summed E-state index contributed by atoms with van der Waals surface area (Å²) in [7, 11) is 0. The summed E-state index contributed by atoms with van der Waals surface area (Å²) in [5.41, 5.74) is 0. The maximum atomic E-state index is 5.88. The van der Waals surface area contributed by atoms with Crippen molar-refractivity contribution in [1.82, 2.24) is 10.6 Å². The summed E-state index contributed by atoms with van der Waals surface area (Å²) in [6.45, 7) is 9.75. The van der Waals surface area contributed by atoms with Crippen LogP contribution in [0, 0.1) is 5.92 Å². The number of hydrogen-bond acceptors (Lipinski definition) is 3. The third kappa shape index (κ3) is 6.58. The van der Waals surface area contributed by atoms with E-state index in [0.717, 1.165) is 45.1 Å². The summed E-state index contributed by atoms with van der Waals surface area (Å²) in [6, 6.07) is 0.429. The van der Waals surface area contributed by atoms with Gasteiger partial charge in [-0.05, 0) is 38.5 Å². The molecule has 5 nitrogen and oxygen atoms in total. The van der Waals surface area contributed by atoms with Gasteiger partial charge in [0.1, 0.15) is 0 Å². The molecular weight excluding hydrogens is 393 g/mol. The molecule has 2 heterocycles. The number of fused-ring (bicyclic) bond motifs is 2. The van der Waals surface area contributed by atoms with E-state index in [-0.39, 0.29) is 24.0 Å². The van der Waals surface area contributed by atoms with Gasteiger partial charge in [0.15, 0.2) is 5.96 Å². The van der Waals surface area contributed by atoms with Crippen LogP contribution >= 0.6 is 24.0 Å². The number of nitrogens with zero attached hydrogens (tertiary/aromatic N) is 1. The molecule has 0 aromatic heterocycles. The van der Waals surface area contributed by atoms with Crippen LogP contribution in [0.4, 0.5) is 0 Å². The second-order valence-electron chi connectivity index (χ2n) is 6.44. The SMILES string of the molecule is CCNC(=NCCCOCC(C)C)NC1CC2CCC1O2.I. The molecule has 6 heteroatoms. The third-order valence-corrected chi connectivity index (χ3v) is 3.94. The van der Waals surface area contributed by atoms with E-state index in [4.69, 9.17) is 9.47 Å². The highest BCUT2D eigenvalue weighted by Gasteiger charge is 2.41. The van der Waals surface area contributed by atoms with Gasteiger partial charge in [0.2, 0.25) is 0 Å². The fraction of sp³-hybridized carbons (Fsp3) is 0.938. The fourth-order valence-corrected chi connectivity index (χ4v) is 2.96. The Morgan fingerprint density at radius 2 is 2.18 bits per heavy atom. The molecule has 0 saturated carbocycles. The third-order valence-electron chi connectivity index (χ3n) is 3.94. The van der Waals surface area contributed by atoms with E-state index in [1.165, 1.54) is 12.8 Å². The molecule has 2 N–H and O–H groups in total. The molecule has 2 rings (SSSR count). The lowest BCUT2D eigenvalue weighted by Gasteiger charge is -2.22. The highest BCUT2D eigenvalue weighted by Crippen LogP contribution is 2.34. The lowest BCUT2D eigenvalue weighted by Crippen LogP contribution is -2.47. The lowest BCUT2D eigenvalue weighted by atomic mass is 9.96. The Balaban J connectivity index is 0.00000242. The molecule has 130 valence electrons. The second kappa shape index (κ2) is 10.6. The van der Waals surface area contributed by atoms with Crippen molar-refractivity contribution in [3.63, 3.8) is 0 Å². The van der Waals surface area contributed by atoms with Gasteiger partial charge in [-0.25, -0.2) is 0 Å². The van der Waals surface area contributed by atoms with E-state index in [2.05, 4.69) is 36.4 Å². The number of guanidine groups is 1. The molecule has 2 bridgehead atoms. The maximum absolute atomic E-state index is 5.88. The van der Waals surface area contributed by atoms with Gasteiger partial charge in [-0.15, -0.1) is 24.0 Å². The minimum atomic E-state index is 0. The van der Waals surface area contributed by atoms with Crippen LogP contribution in [0.15, 0.2) is 4.99 Å². The molecule has 2 aliphatic rings. The van der Waals surface area contributed by atoms with Crippen molar-refractivity contribution >= 4 is 29.9 Å². The topological polar surface area (TPSA) is 54.9 Å². The van der Waals surface area contributed by atoms with Crippen molar-refractivity contribution in [3.8, 4) is 0 Å². The maximum Gasteiger partial charge on any atom is 0.191 e. The second-order valence-corrected chi connectivity index (χ2v) is 6.44. The summed E-state index contributed by atoms with van der Waals surface area (Å²) in [5, 5.41) is 6.85. The average Bonchev–Trinajstić information content (AvgIpc) is 3.05. The van der Waals surface area contributed by atoms with Crippen molar-refractivity contribution in [2.45, 2.75) is 64.7 Å². The molecule has 2 aliphatic heterocycles. The van der Waals surface area contributed by atoms with Crippen molar-refractivity contribution in [2.24, 2.45) is 10.9 Å². The van der Waals surface area contributed by atoms with Gasteiger partial charge >= 0.3 is 0 Å². The first-order chi connectivity index (χ1) is 10.2. The molecular formula is C16H32IN3O2. The van der Waals surface area contributed by atoms with Crippen LogP contribution in [0.5, 0.6) is 0 Å². The molecule has 0 radical (unpaired) electrons. The summed E-state index contributed by atoms with van der Waals surface area (Å²) in [6.07, 6.45) is 5.35. The van der Waals surface area contributed by atoms with Gasteiger partial charge in [-0.3, -0.25) is 4.99 Å². The van der Waals surface area contributed by atoms with Crippen LogP contribution < -0.4 is 10.6 Å². The monoisotopic (exact) mass is 425 g/mol. The van der Waals surface area contributed by atoms with E-state index in [9.17, 15) is 0 Å². The summed E-state index contributed by atoms with van der Waals surface area (Å²) in [4.78, 5) is 4.64. The first-order valence-electron chi connectivity index (χ1n) is 8.47. The Bertz CT molecular complexity index is 339. The Kier molecular flexibility index (Phi) is 9.66. The molecule has 0 spiro atoms. The summed E-state index contributed by atoms with van der Waals surface area (Å²) < 4.78 is 11.5. The van der Waals surface area contributed by atoms with Gasteiger partial charge in [0.05, 0.1) is 18.2 Å². The molecule has 0 aromatic rings. The van der Waals surface area contributed by atoms with Crippen LogP contribution in [-0.2, 0) is 9.47 Å². The van der Waals surface area contributed by atoms with Crippen molar-refractivity contribution in [2.75, 3.05) is 26.3 Å². The number of aliphatic imine (C=N–C) groups is 1. The molecule has 22 heavy (non-hydrogen) atoms. The number of rotatable bonds is 8. The van der Waals surface area contributed by atoms with Crippen molar-refractivity contribution < 1.29 is 9.47 Å². The first-order valence-corrected chi connectivity index (χ1v) is 8.47. The molecule has 2 fully saturated rings. The summed E-state index contributed by atoms with van der Waals surface area (Å²) >= 11 is 0. The van der Waals surface area contributed by atoms with Crippen LogP contribution in [-0.4, -0.2) is 50.5 Å². The minimum absolute atomic E-state index is 0. The zero-order valence-electron chi connectivity index (χ0n) is 14.1. The Morgan fingerprint density at radius 3 is 2.77 bits per heavy atom. The molecule has 0 amide bonds. The average molecular weight is 425 g/mol. The predicted octanol–water partition coefficient (Wildman–Crippen LogP) is 2.54. The van der Waals surface area contributed by atoms with E-state index < -0.39 is 0 Å². The lowest BCUT2D eigenvalue weighted by molar-refractivity contribution is 0.0992. The van der Waals surface area contributed by atoms with Gasteiger partial charge in [-0.2, -0.15) is 0 Å². The van der Waals surface area contributed by atoms with Gasteiger partial charge in [0.25, 0.3) is 0 Å². The van der Waals surface area contributed by atoms with E-state index in [1.807, 2.05) is 0 Å².